The first-order valence-electron chi connectivity index (χ1n) is 6.09. The number of carbonyl (C=O) groups excluding carboxylic acids is 1. The smallest absolute Gasteiger partial charge is 0.339 e. The van der Waals surface area contributed by atoms with Crippen LogP contribution < -0.4 is 5.32 Å². The minimum Gasteiger partial charge on any atom is -0.465 e. The lowest BCUT2D eigenvalue weighted by Crippen LogP contribution is -2.10. The zero-order chi connectivity index (χ0) is 14.7. The van der Waals surface area contributed by atoms with Crippen LogP contribution in [0.25, 0.3) is 0 Å². The summed E-state index contributed by atoms with van der Waals surface area (Å²) in [6, 6.07) is 7.44. The van der Waals surface area contributed by atoms with E-state index in [1.54, 1.807) is 19.1 Å². The summed E-state index contributed by atoms with van der Waals surface area (Å²) in [6.07, 6.45) is 0. The van der Waals surface area contributed by atoms with E-state index in [2.05, 4.69) is 10.3 Å². The number of methoxy groups -OCH3 is 1. The molecule has 2 rings (SSSR count). The zero-order valence-electron chi connectivity index (χ0n) is 11.4. The lowest BCUT2D eigenvalue weighted by atomic mass is 10.2. The van der Waals surface area contributed by atoms with Gasteiger partial charge in [-0.25, -0.2) is 9.78 Å². The molecule has 1 unspecified atom stereocenters. The predicted molar refractivity (Wildman–Crippen MR) is 81.7 cm³/mol. The van der Waals surface area contributed by atoms with Crippen LogP contribution in [0.15, 0.2) is 24.3 Å². The molecule has 0 spiro atoms. The van der Waals surface area contributed by atoms with Gasteiger partial charge < -0.3 is 10.1 Å². The Kier molecular flexibility index (Phi) is 4.62. The second-order valence-electron chi connectivity index (χ2n) is 4.33. The number of ether oxygens (including phenoxy) is 1. The molecule has 0 aliphatic carbocycles. The number of hydrogen-bond donors (Lipinski definition) is 1. The highest BCUT2D eigenvalue weighted by atomic mass is 35.5. The molecule has 1 N–H and O–H groups in total. The van der Waals surface area contributed by atoms with E-state index in [0.29, 0.717) is 17.1 Å². The molecule has 0 aliphatic heterocycles. The number of aromatic nitrogens is 1. The summed E-state index contributed by atoms with van der Waals surface area (Å²) in [7, 11) is 1.36. The molecular weight excluding hydrogens is 296 g/mol. The number of nitrogens with one attached hydrogen (secondary N) is 1. The highest BCUT2D eigenvalue weighted by molar-refractivity contribution is 7.16. The largest absolute Gasteiger partial charge is 0.465 e. The molecule has 0 amide bonds. The summed E-state index contributed by atoms with van der Waals surface area (Å²) < 4.78 is 5.46. The van der Waals surface area contributed by atoms with E-state index in [4.69, 9.17) is 16.3 Å². The Morgan fingerprint density at radius 2 is 2.15 bits per heavy atom. The van der Waals surface area contributed by atoms with Gasteiger partial charge in [0.25, 0.3) is 0 Å². The molecule has 2 aromatic rings. The van der Waals surface area contributed by atoms with Crippen molar-refractivity contribution < 1.29 is 9.53 Å². The number of pyridine rings is 1. The van der Waals surface area contributed by atoms with Crippen molar-refractivity contribution in [1.82, 2.24) is 4.98 Å². The first-order chi connectivity index (χ1) is 9.51. The van der Waals surface area contributed by atoms with Gasteiger partial charge in [0, 0.05) is 4.88 Å². The van der Waals surface area contributed by atoms with Gasteiger partial charge in [-0.3, -0.25) is 0 Å². The monoisotopic (exact) mass is 310 g/mol. The quantitative estimate of drug-likeness (QED) is 0.865. The van der Waals surface area contributed by atoms with E-state index in [1.165, 1.54) is 18.4 Å². The van der Waals surface area contributed by atoms with E-state index in [9.17, 15) is 4.79 Å². The lowest BCUT2D eigenvalue weighted by molar-refractivity contribution is 0.0599. The van der Waals surface area contributed by atoms with Crippen molar-refractivity contribution in [3.05, 3.63) is 44.7 Å². The molecule has 20 heavy (non-hydrogen) atoms. The topological polar surface area (TPSA) is 51.2 Å². The fourth-order valence-corrected chi connectivity index (χ4v) is 2.88. The van der Waals surface area contributed by atoms with Crippen molar-refractivity contribution in [2.45, 2.75) is 19.9 Å². The van der Waals surface area contributed by atoms with Gasteiger partial charge in [0.05, 0.1) is 28.7 Å². The van der Waals surface area contributed by atoms with Crippen LogP contribution in [0.1, 0.15) is 33.9 Å². The molecule has 106 valence electrons. The summed E-state index contributed by atoms with van der Waals surface area (Å²) >= 11 is 7.46. The molecule has 1 atom stereocenters. The number of rotatable bonds is 4. The minimum atomic E-state index is -0.375. The average molecular weight is 311 g/mol. The van der Waals surface area contributed by atoms with Crippen LogP contribution in [0.3, 0.4) is 0 Å². The Balaban J connectivity index is 2.14. The van der Waals surface area contributed by atoms with Gasteiger partial charge in [0.15, 0.2) is 0 Å². The lowest BCUT2D eigenvalue weighted by Gasteiger charge is -2.14. The van der Waals surface area contributed by atoms with Gasteiger partial charge in [0.2, 0.25) is 0 Å². The first kappa shape index (κ1) is 14.8. The van der Waals surface area contributed by atoms with Crippen molar-refractivity contribution in [2.75, 3.05) is 12.4 Å². The second-order valence-corrected chi connectivity index (χ2v) is 6.08. The minimum absolute atomic E-state index is 0.100. The Hall–Kier alpha value is -1.59. The fourth-order valence-electron chi connectivity index (χ4n) is 1.82. The Morgan fingerprint density at radius 1 is 1.40 bits per heavy atom. The second kappa shape index (κ2) is 6.24. The fraction of sp³-hybridized carbons (Fsp3) is 0.286. The van der Waals surface area contributed by atoms with Crippen LogP contribution in [0, 0.1) is 6.92 Å². The molecule has 4 nitrogen and oxygen atoms in total. The Bertz CT molecular complexity index is 627. The third kappa shape index (κ3) is 3.29. The molecule has 0 radical (unpaired) electrons. The average Bonchev–Trinajstić information content (AvgIpc) is 2.85. The van der Waals surface area contributed by atoms with Crippen molar-refractivity contribution in [1.29, 1.82) is 0 Å². The van der Waals surface area contributed by atoms with Gasteiger partial charge in [-0.15, -0.1) is 11.3 Å². The highest BCUT2D eigenvalue weighted by Gasteiger charge is 2.13. The van der Waals surface area contributed by atoms with Crippen molar-refractivity contribution in [3.63, 3.8) is 0 Å². The molecule has 0 saturated heterocycles. The first-order valence-corrected chi connectivity index (χ1v) is 7.28. The Labute approximate surface area is 126 Å². The van der Waals surface area contributed by atoms with Crippen molar-refractivity contribution in [2.24, 2.45) is 0 Å². The van der Waals surface area contributed by atoms with Crippen LogP contribution in [0.2, 0.25) is 4.34 Å². The SMILES string of the molecule is COC(=O)c1ccc(NC(C)c2ccc(Cl)s2)nc1C. The summed E-state index contributed by atoms with van der Waals surface area (Å²) in [4.78, 5) is 17.0. The van der Waals surface area contributed by atoms with E-state index < -0.39 is 0 Å². The highest BCUT2D eigenvalue weighted by Crippen LogP contribution is 2.28. The summed E-state index contributed by atoms with van der Waals surface area (Å²) in [5, 5.41) is 3.29. The summed E-state index contributed by atoms with van der Waals surface area (Å²) in [6.45, 7) is 3.82. The normalized spacial score (nSPS) is 12.0. The van der Waals surface area contributed by atoms with Gasteiger partial charge in [0.1, 0.15) is 5.82 Å². The molecule has 0 bridgehead atoms. The number of anilines is 1. The third-order valence-electron chi connectivity index (χ3n) is 2.88. The van der Waals surface area contributed by atoms with Crippen LogP contribution >= 0.6 is 22.9 Å². The van der Waals surface area contributed by atoms with Gasteiger partial charge in [-0.05, 0) is 38.1 Å². The van der Waals surface area contributed by atoms with Crippen LogP contribution in [-0.2, 0) is 4.74 Å². The number of esters is 1. The molecule has 0 saturated carbocycles. The third-order valence-corrected chi connectivity index (χ3v) is 4.29. The summed E-state index contributed by atoms with van der Waals surface area (Å²) in [5.74, 6) is 0.340. The predicted octanol–water partition coefficient (Wildman–Crippen LogP) is 4.06. The van der Waals surface area contributed by atoms with Crippen molar-refractivity contribution in [3.8, 4) is 0 Å². The van der Waals surface area contributed by atoms with Crippen LogP contribution in [0.5, 0.6) is 0 Å². The maximum absolute atomic E-state index is 11.5. The maximum Gasteiger partial charge on any atom is 0.339 e. The van der Waals surface area contributed by atoms with E-state index >= 15 is 0 Å². The van der Waals surface area contributed by atoms with Gasteiger partial charge in [-0.1, -0.05) is 11.6 Å². The van der Waals surface area contributed by atoms with Crippen LogP contribution in [-0.4, -0.2) is 18.1 Å². The number of aryl methyl sites for hydroxylation is 1. The number of carbonyl (C=O) groups is 1. The van der Waals surface area contributed by atoms with E-state index in [-0.39, 0.29) is 12.0 Å². The van der Waals surface area contributed by atoms with E-state index in [1.807, 2.05) is 19.1 Å². The molecule has 2 heterocycles. The zero-order valence-corrected chi connectivity index (χ0v) is 13.0. The number of nitrogens with zero attached hydrogens (tertiary/aromatic N) is 1. The maximum atomic E-state index is 11.5. The number of thiophene rings is 1. The van der Waals surface area contributed by atoms with Gasteiger partial charge >= 0.3 is 5.97 Å². The van der Waals surface area contributed by atoms with E-state index in [0.717, 1.165) is 9.21 Å². The van der Waals surface area contributed by atoms with Crippen molar-refractivity contribution >= 4 is 34.7 Å². The number of halogens is 1. The molecular formula is C14H15ClN2O2S. The molecule has 0 aromatic carbocycles. The molecule has 0 aliphatic rings. The molecule has 2 aromatic heterocycles. The standard InChI is InChI=1S/C14H15ClN2O2S/c1-8-10(14(18)19-3)4-7-13(16-8)17-9(2)11-5-6-12(15)20-11/h4-7,9H,1-3H3,(H,16,17). The van der Waals surface area contributed by atoms with Gasteiger partial charge in [-0.2, -0.15) is 0 Å². The van der Waals surface area contributed by atoms with Crippen LogP contribution in [0.4, 0.5) is 5.82 Å². The molecule has 6 heteroatoms. The molecule has 0 fully saturated rings. The summed E-state index contributed by atoms with van der Waals surface area (Å²) in [5.41, 5.74) is 1.11. The Morgan fingerprint density at radius 3 is 2.70 bits per heavy atom. The number of hydrogen-bond acceptors (Lipinski definition) is 5.